The van der Waals surface area contributed by atoms with Gasteiger partial charge in [0.25, 0.3) is 0 Å². The molecule has 0 bridgehead atoms. The summed E-state index contributed by atoms with van der Waals surface area (Å²) in [5.41, 5.74) is 2.82. The molecule has 0 heterocycles. The van der Waals surface area contributed by atoms with E-state index in [2.05, 4.69) is 11.8 Å². The number of hydrogen-bond acceptors (Lipinski definition) is 1. The smallest absolute Gasteiger partial charge is 0.123 e. The lowest BCUT2D eigenvalue weighted by Crippen LogP contribution is -1.96. The Balaban J connectivity index is 2.02. The molecular weight excluding hydrogens is 287 g/mol. The van der Waals surface area contributed by atoms with E-state index in [-0.39, 0.29) is 5.82 Å². The van der Waals surface area contributed by atoms with Gasteiger partial charge in [-0.1, -0.05) is 24.0 Å². The van der Waals surface area contributed by atoms with Crippen molar-refractivity contribution in [1.82, 2.24) is 0 Å². The zero-order valence-electron chi connectivity index (χ0n) is 11.8. The van der Waals surface area contributed by atoms with Gasteiger partial charge in [-0.2, -0.15) is 0 Å². The summed E-state index contributed by atoms with van der Waals surface area (Å²) in [6.07, 6.45) is 0.679. The van der Waals surface area contributed by atoms with E-state index in [1.165, 1.54) is 12.1 Å². The summed E-state index contributed by atoms with van der Waals surface area (Å²) < 4.78 is 18.7. The molecule has 0 fully saturated rings. The van der Waals surface area contributed by atoms with Crippen molar-refractivity contribution < 1.29 is 9.13 Å². The van der Waals surface area contributed by atoms with Gasteiger partial charge in [-0.3, -0.25) is 0 Å². The Morgan fingerprint density at radius 1 is 1.19 bits per heavy atom. The molecule has 1 nitrogen and oxygen atoms in total. The number of benzene rings is 2. The van der Waals surface area contributed by atoms with Crippen LogP contribution in [0, 0.1) is 24.6 Å². The fraction of sp³-hybridized carbons (Fsp3) is 0.222. The molecule has 2 aromatic carbocycles. The first-order valence-corrected chi connectivity index (χ1v) is 7.25. The van der Waals surface area contributed by atoms with Gasteiger partial charge in [0.15, 0.2) is 0 Å². The molecule has 21 heavy (non-hydrogen) atoms. The van der Waals surface area contributed by atoms with Gasteiger partial charge in [0.2, 0.25) is 0 Å². The van der Waals surface area contributed by atoms with Crippen LogP contribution in [-0.4, -0.2) is 5.88 Å². The van der Waals surface area contributed by atoms with E-state index in [1.54, 1.807) is 6.07 Å². The van der Waals surface area contributed by atoms with Crippen molar-refractivity contribution in [3.63, 3.8) is 0 Å². The maximum Gasteiger partial charge on any atom is 0.123 e. The van der Waals surface area contributed by atoms with E-state index in [0.717, 1.165) is 22.4 Å². The fourth-order valence-electron chi connectivity index (χ4n) is 1.86. The first-order chi connectivity index (χ1) is 10.2. The summed E-state index contributed by atoms with van der Waals surface area (Å²) in [5.74, 6) is 7.13. The van der Waals surface area contributed by atoms with Crippen molar-refractivity contribution in [3.8, 4) is 17.6 Å². The van der Waals surface area contributed by atoms with Gasteiger partial charge in [0, 0.05) is 17.9 Å². The minimum absolute atomic E-state index is 0.253. The normalized spacial score (nSPS) is 9.86. The monoisotopic (exact) mass is 302 g/mol. The Morgan fingerprint density at radius 3 is 2.76 bits per heavy atom. The van der Waals surface area contributed by atoms with E-state index in [9.17, 15) is 4.39 Å². The SMILES string of the molecule is Cc1cc(OCc2cccc(F)c2)ccc1C#CCCCl. The van der Waals surface area contributed by atoms with Gasteiger partial charge in [-0.25, -0.2) is 4.39 Å². The summed E-state index contributed by atoms with van der Waals surface area (Å²) in [7, 11) is 0. The third-order valence-corrected chi connectivity index (χ3v) is 3.12. The van der Waals surface area contributed by atoms with Crippen molar-refractivity contribution in [3.05, 3.63) is 65.0 Å². The standard InChI is InChI=1S/C18H16ClFO/c1-14-11-18(9-8-16(14)6-2-3-10-19)21-13-15-5-4-7-17(20)12-15/h4-5,7-9,11-12H,3,10,13H2,1H3. The van der Waals surface area contributed by atoms with Crippen LogP contribution in [0.2, 0.25) is 0 Å². The maximum absolute atomic E-state index is 13.1. The second-order valence-corrected chi connectivity index (χ2v) is 5.01. The highest BCUT2D eigenvalue weighted by Crippen LogP contribution is 2.18. The summed E-state index contributed by atoms with van der Waals surface area (Å²) in [4.78, 5) is 0. The number of ether oxygens (including phenoxy) is 1. The Kier molecular flexibility index (Phi) is 5.66. The summed E-state index contributed by atoms with van der Waals surface area (Å²) in [5, 5.41) is 0. The molecule has 0 spiro atoms. The highest BCUT2D eigenvalue weighted by molar-refractivity contribution is 6.18. The lowest BCUT2D eigenvalue weighted by atomic mass is 10.1. The van der Waals surface area contributed by atoms with Gasteiger partial charge in [0.05, 0.1) is 0 Å². The van der Waals surface area contributed by atoms with Crippen LogP contribution in [0.1, 0.15) is 23.1 Å². The summed E-state index contributed by atoms with van der Waals surface area (Å²) in [6, 6.07) is 12.1. The molecule has 0 saturated carbocycles. The number of rotatable bonds is 4. The minimum Gasteiger partial charge on any atom is -0.489 e. The Labute approximate surface area is 129 Å². The quantitative estimate of drug-likeness (QED) is 0.588. The predicted molar refractivity (Wildman–Crippen MR) is 84.1 cm³/mol. The second-order valence-electron chi connectivity index (χ2n) is 4.64. The van der Waals surface area contributed by atoms with Crippen molar-refractivity contribution >= 4 is 11.6 Å². The van der Waals surface area contributed by atoms with Gasteiger partial charge in [-0.15, -0.1) is 11.6 Å². The molecular formula is C18H16ClFO. The topological polar surface area (TPSA) is 9.23 Å². The van der Waals surface area contributed by atoms with Gasteiger partial charge < -0.3 is 4.74 Å². The van der Waals surface area contributed by atoms with Crippen molar-refractivity contribution in [2.24, 2.45) is 0 Å². The Bertz CT molecular complexity index is 670. The van der Waals surface area contributed by atoms with Crippen LogP contribution in [0.25, 0.3) is 0 Å². The third kappa shape index (κ3) is 4.81. The van der Waals surface area contributed by atoms with Gasteiger partial charge >= 0.3 is 0 Å². The van der Waals surface area contributed by atoms with Gasteiger partial charge in [0.1, 0.15) is 18.2 Å². The van der Waals surface area contributed by atoms with Gasteiger partial charge in [-0.05, 0) is 48.4 Å². The Hall–Kier alpha value is -1.98. The molecule has 2 aromatic rings. The van der Waals surface area contributed by atoms with Crippen molar-refractivity contribution in [2.75, 3.05) is 5.88 Å². The molecule has 0 aliphatic rings. The lowest BCUT2D eigenvalue weighted by Gasteiger charge is -2.08. The number of hydrogen-bond donors (Lipinski definition) is 0. The molecule has 0 radical (unpaired) electrons. The van der Waals surface area contributed by atoms with Crippen LogP contribution in [-0.2, 0) is 6.61 Å². The van der Waals surface area contributed by atoms with Crippen LogP contribution in [0.4, 0.5) is 4.39 Å². The fourth-order valence-corrected chi connectivity index (χ4v) is 1.96. The van der Waals surface area contributed by atoms with E-state index in [4.69, 9.17) is 16.3 Å². The number of halogens is 2. The van der Waals surface area contributed by atoms with Crippen LogP contribution in [0.5, 0.6) is 5.75 Å². The third-order valence-electron chi connectivity index (χ3n) is 2.93. The van der Waals surface area contributed by atoms with Crippen LogP contribution in [0.15, 0.2) is 42.5 Å². The molecule has 0 unspecified atom stereocenters. The minimum atomic E-state index is -0.253. The molecule has 0 amide bonds. The molecule has 0 aliphatic carbocycles. The van der Waals surface area contributed by atoms with Crippen molar-refractivity contribution in [1.29, 1.82) is 0 Å². The second kappa shape index (κ2) is 7.71. The predicted octanol–water partition coefficient (Wildman–Crippen LogP) is 4.69. The zero-order valence-corrected chi connectivity index (χ0v) is 12.6. The first kappa shape index (κ1) is 15.4. The van der Waals surface area contributed by atoms with Crippen LogP contribution in [0.3, 0.4) is 0 Å². The maximum atomic E-state index is 13.1. The molecule has 0 N–H and O–H groups in total. The van der Waals surface area contributed by atoms with E-state index < -0.39 is 0 Å². The van der Waals surface area contributed by atoms with E-state index >= 15 is 0 Å². The number of aryl methyl sites for hydroxylation is 1. The van der Waals surface area contributed by atoms with Crippen LogP contribution >= 0.6 is 11.6 Å². The zero-order chi connectivity index (χ0) is 15.1. The lowest BCUT2D eigenvalue weighted by molar-refractivity contribution is 0.305. The molecule has 0 atom stereocenters. The average molecular weight is 303 g/mol. The largest absolute Gasteiger partial charge is 0.489 e. The highest BCUT2D eigenvalue weighted by atomic mass is 35.5. The van der Waals surface area contributed by atoms with Crippen LogP contribution < -0.4 is 4.74 Å². The molecule has 0 saturated heterocycles. The summed E-state index contributed by atoms with van der Waals surface area (Å²) >= 11 is 5.59. The Morgan fingerprint density at radius 2 is 2.05 bits per heavy atom. The molecule has 3 heteroatoms. The average Bonchev–Trinajstić information content (AvgIpc) is 2.47. The summed E-state index contributed by atoms with van der Waals surface area (Å²) in [6.45, 7) is 2.33. The van der Waals surface area contributed by atoms with E-state index in [1.807, 2.05) is 31.2 Å². The molecule has 108 valence electrons. The van der Waals surface area contributed by atoms with E-state index in [0.29, 0.717) is 18.9 Å². The number of alkyl halides is 1. The first-order valence-electron chi connectivity index (χ1n) is 6.72. The van der Waals surface area contributed by atoms with Crippen molar-refractivity contribution in [2.45, 2.75) is 20.0 Å². The molecule has 0 aliphatic heterocycles. The highest BCUT2D eigenvalue weighted by Gasteiger charge is 2.01. The molecule has 0 aromatic heterocycles. The molecule has 2 rings (SSSR count).